The van der Waals surface area contributed by atoms with Gasteiger partial charge in [-0.3, -0.25) is 4.79 Å². The summed E-state index contributed by atoms with van der Waals surface area (Å²) in [4.78, 5) is 24.1. The lowest BCUT2D eigenvalue weighted by Crippen LogP contribution is -2.48. The zero-order chi connectivity index (χ0) is 17.4. The molecular formula is C17H23NO6. The van der Waals surface area contributed by atoms with Crippen molar-refractivity contribution in [2.45, 2.75) is 19.1 Å². The molecule has 1 saturated heterocycles. The van der Waals surface area contributed by atoms with Crippen LogP contribution in [0, 0.1) is 5.41 Å². The summed E-state index contributed by atoms with van der Waals surface area (Å²) in [5, 5.41) is 12.4. The molecule has 7 heteroatoms. The van der Waals surface area contributed by atoms with E-state index in [1.54, 1.807) is 0 Å². The van der Waals surface area contributed by atoms with Gasteiger partial charge in [-0.1, -0.05) is 30.3 Å². The summed E-state index contributed by atoms with van der Waals surface area (Å²) >= 11 is 0. The molecule has 2 N–H and O–H groups in total. The van der Waals surface area contributed by atoms with Crippen LogP contribution in [0.1, 0.15) is 12.0 Å². The molecule has 0 spiro atoms. The van der Waals surface area contributed by atoms with Crippen LogP contribution in [0.2, 0.25) is 0 Å². The molecule has 1 aromatic rings. The maximum atomic E-state index is 12.3. The highest BCUT2D eigenvalue weighted by atomic mass is 16.5. The van der Waals surface area contributed by atoms with Crippen LogP contribution in [0.3, 0.4) is 0 Å². The molecule has 1 fully saturated rings. The number of esters is 1. The minimum atomic E-state index is -1.42. The Morgan fingerprint density at radius 2 is 2.12 bits per heavy atom. The summed E-state index contributed by atoms with van der Waals surface area (Å²) in [6.07, 6.45) is -0.874. The average molecular weight is 337 g/mol. The SMILES string of the molecule is COCC1(C(=O)NCC(O)C(=O)OCc2ccccc2)CCOC1. The fraction of sp³-hybridized carbons (Fsp3) is 0.529. The van der Waals surface area contributed by atoms with E-state index in [2.05, 4.69) is 5.32 Å². The number of nitrogens with one attached hydrogen (secondary N) is 1. The molecule has 132 valence electrons. The van der Waals surface area contributed by atoms with E-state index in [1.165, 1.54) is 7.11 Å². The van der Waals surface area contributed by atoms with Crippen molar-refractivity contribution < 1.29 is 28.9 Å². The molecule has 0 bridgehead atoms. The molecule has 7 nitrogen and oxygen atoms in total. The van der Waals surface area contributed by atoms with Gasteiger partial charge in [0.2, 0.25) is 5.91 Å². The zero-order valence-electron chi connectivity index (χ0n) is 13.7. The Balaban J connectivity index is 1.78. The van der Waals surface area contributed by atoms with E-state index in [9.17, 15) is 14.7 Å². The fourth-order valence-electron chi connectivity index (χ4n) is 2.53. The van der Waals surface area contributed by atoms with Crippen molar-refractivity contribution in [3.05, 3.63) is 35.9 Å². The molecule has 1 aliphatic heterocycles. The normalized spacial score (nSPS) is 21.2. The van der Waals surface area contributed by atoms with E-state index in [0.29, 0.717) is 13.0 Å². The topological polar surface area (TPSA) is 94.1 Å². The molecule has 0 aromatic heterocycles. The Bertz CT molecular complexity index is 541. The van der Waals surface area contributed by atoms with Gasteiger partial charge in [-0.25, -0.2) is 4.79 Å². The smallest absolute Gasteiger partial charge is 0.337 e. The lowest BCUT2D eigenvalue weighted by Gasteiger charge is -2.25. The summed E-state index contributed by atoms with van der Waals surface area (Å²) in [6.45, 7) is 0.844. The third-order valence-corrected chi connectivity index (χ3v) is 3.96. The molecular weight excluding hydrogens is 314 g/mol. The van der Waals surface area contributed by atoms with Crippen LogP contribution < -0.4 is 5.32 Å². The van der Waals surface area contributed by atoms with E-state index in [0.717, 1.165) is 5.56 Å². The van der Waals surface area contributed by atoms with Crippen LogP contribution in [0.15, 0.2) is 30.3 Å². The van der Waals surface area contributed by atoms with Crippen molar-refractivity contribution >= 4 is 11.9 Å². The van der Waals surface area contributed by atoms with E-state index in [1.807, 2.05) is 30.3 Å². The van der Waals surface area contributed by atoms with Gasteiger partial charge in [-0.05, 0) is 12.0 Å². The molecule has 0 radical (unpaired) electrons. The molecule has 0 saturated carbocycles. The number of hydrogen-bond acceptors (Lipinski definition) is 6. The van der Waals surface area contributed by atoms with E-state index >= 15 is 0 Å². The van der Waals surface area contributed by atoms with Gasteiger partial charge in [-0.15, -0.1) is 0 Å². The van der Waals surface area contributed by atoms with Gasteiger partial charge in [0.15, 0.2) is 6.10 Å². The quantitative estimate of drug-likeness (QED) is 0.661. The molecule has 1 heterocycles. The summed E-state index contributed by atoms with van der Waals surface area (Å²) in [5.74, 6) is -1.07. The summed E-state index contributed by atoms with van der Waals surface area (Å²) in [5.41, 5.74) is 0.0619. The van der Waals surface area contributed by atoms with Crippen molar-refractivity contribution in [2.24, 2.45) is 5.41 Å². The fourth-order valence-corrected chi connectivity index (χ4v) is 2.53. The van der Waals surface area contributed by atoms with Gasteiger partial charge in [0.05, 0.1) is 25.2 Å². The average Bonchev–Trinajstić information content (AvgIpc) is 3.08. The Kier molecular flexibility index (Phi) is 6.72. The van der Waals surface area contributed by atoms with Gasteiger partial charge in [0, 0.05) is 13.7 Å². The highest BCUT2D eigenvalue weighted by Gasteiger charge is 2.42. The maximum Gasteiger partial charge on any atom is 0.337 e. The van der Waals surface area contributed by atoms with E-state index < -0.39 is 17.5 Å². The molecule has 2 unspecified atom stereocenters. The highest BCUT2D eigenvalue weighted by molar-refractivity contribution is 5.84. The Morgan fingerprint density at radius 1 is 1.38 bits per heavy atom. The summed E-state index contributed by atoms with van der Waals surface area (Å²) in [6, 6.07) is 9.15. The standard InChI is InChI=1S/C17H23NO6/c1-22-11-17(7-8-23-12-17)16(21)18-9-14(19)15(20)24-10-13-5-3-2-4-6-13/h2-6,14,19H,7-12H2,1H3,(H,18,21). The second kappa shape index (κ2) is 8.77. The number of benzene rings is 1. The number of hydrogen-bond donors (Lipinski definition) is 2. The lowest BCUT2D eigenvalue weighted by molar-refractivity contribution is -0.155. The van der Waals surface area contributed by atoms with Crippen LogP contribution in [0.5, 0.6) is 0 Å². The van der Waals surface area contributed by atoms with Crippen molar-refractivity contribution in [3.8, 4) is 0 Å². The monoisotopic (exact) mass is 337 g/mol. The third-order valence-electron chi connectivity index (χ3n) is 3.96. The van der Waals surface area contributed by atoms with Crippen LogP contribution in [-0.4, -0.2) is 56.6 Å². The Labute approximate surface area is 140 Å². The number of methoxy groups -OCH3 is 1. The predicted octanol–water partition coefficient (Wildman–Crippen LogP) is 0.260. The van der Waals surface area contributed by atoms with Gasteiger partial charge < -0.3 is 24.6 Å². The number of aliphatic hydroxyl groups is 1. The number of amides is 1. The Morgan fingerprint density at radius 3 is 2.75 bits per heavy atom. The van der Waals surface area contributed by atoms with Crippen molar-refractivity contribution in [1.29, 1.82) is 0 Å². The van der Waals surface area contributed by atoms with Crippen molar-refractivity contribution in [3.63, 3.8) is 0 Å². The molecule has 2 rings (SSSR count). The first-order chi connectivity index (χ1) is 11.6. The van der Waals surface area contributed by atoms with E-state index in [4.69, 9.17) is 14.2 Å². The molecule has 1 amide bonds. The number of carbonyl (C=O) groups excluding carboxylic acids is 2. The van der Waals surface area contributed by atoms with E-state index in [-0.39, 0.29) is 32.3 Å². The number of rotatable bonds is 8. The number of carbonyl (C=O) groups is 2. The molecule has 2 atom stereocenters. The van der Waals surface area contributed by atoms with Crippen molar-refractivity contribution in [2.75, 3.05) is 33.5 Å². The van der Waals surface area contributed by atoms with Crippen molar-refractivity contribution in [1.82, 2.24) is 5.32 Å². The van der Waals surface area contributed by atoms with Crippen LogP contribution >= 0.6 is 0 Å². The summed E-state index contributed by atoms with van der Waals surface area (Å²) < 4.78 is 15.4. The highest BCUT2D eigenvalue weighted by Crippen LogP contribution is 2.29. The van der Waals surface area contributed by atoms with Crippen LogP contribution in [0.4, 0.5) is 0 Å². The molecule has 24 heavy (non-hydrogen) atoms. The number of ether oxygens (including phenoxy) is 3. The minimum Gasteiger partial charge on any atom is -0.459 e. The van der Waals surface area contributed by atoms with Crippen LogP contribution in [-0.2, 0) is 30.4 Å². The second-order valence-corrected chi connectivity index (χ2v) is 5.84. The minimum absolute atomic E-state index is 0.0755. The second-order valence-electron chi connectivity index (χ2n) is 5.84. The van der Waals surface area contributed by atoms with Gasteiger partial charge >= 0.3 is 5.97 Å². The van der Waals surface area contributed by atoms with Gasteiger partial charge in [-0.2, -0.15) is 0 Å². The zero-order valence-corrected chi connectivity index (χ0v) is 13.7. The van der Waals surface area contributed by atoms with Gasteiger partial charge in [0.25, 0.3) is 0 Å². The molecule has 1 aliphatic rings. The predicted molar refractivity (Wildman–Crippen MR) is 85.0 cm³/mol. The summed E-state index contributed by atoms with van der Waals surface area (Å²) in [7, 11) is 1.52. The first-order valence-electron chi connectivity index (χ1n) is 7.81. The van der Waals surface area contributed by atoms with Crippen LogP contribution in [0.25, 0.3) is 0 Å². The third kappa shape index (κ3) is 4.77. The number of aliphatic hydroxyl groups excluding tert-OH is 1. The first kappa shape index (κ1) is 18.4. The Hall–Kier alpha value is -1.96. The lowest BCUT2D eigenvalue weighted by atomic mass is 9.87. The maximum absolute atomic E-state index is 12.3. The molecule has 1 aromatic carbocycles. The first-order valence-corrected chi connectivity index (χ1v) is 7.81. The molecule has 0 aliphatic carbocycles. The van der Waals surface area contributed by atoms with Gasteiger partial charge in [0.1, 0.15) is 6.61 Å². The largest absolute Gasteiger partial charge is 0.459 e.